The fraction of sp³-hybridized carbons (Fsp3) is 0.833. The first kappa shape index (κ1) is 14.0. The van der Waals surface area contributed by atoms with E-state index in [1.54, 1.807) is 0 Å². The van der Waals surface area contributed by atoms with Crippen molar-refractivity contribution in [2.75, 3.05) is 6.61 Å². The third kappa shape index (κ3) is 3.43. The van der Waals surface area contributed by atoms with E-state index in [9.17, 15) is 14.7 Å². The lowest BCUT2D eigenvalue weighted by Crippen LogP contribution is -2.42. The van der Waals surface area contributed by atoms with Gasteiger partial charge in [0.25, 0.3) is 0 Å². The summed E-state index contributed by atoms with van der Waals surface area (Å²) in [5, 5.41) is 9.59. The summed E-state index contributed by atoms with van der Waals surface area (Å²) in [5.74, 6) is -0.180. The Bertz CT molecular complexity index is 290. The van der Waals surface area contributed by atoms with Crippen molar-refractivity contribution in [2.24, 2.45) is 5.92 Å². The molecule has 0 aromatic rings. The van der Waals surface area contributed by atoms with Gasteiger partial charge in [0.1, 0.15) is 6.61 Å². The third-order valence-corrected chi connectivity index (χ3v) is 2.98. The van der Waals surface area contributed by atoms with Crippen LogP contribution in [-0.4, -0.2) is 40.8 Å². The lowest BCUT2D eigenvalue weighted by Gasteiger charge is -2.23. The quantitative estimate of drug-likeness (QED) is 0.795. The van der Waals surface area contributed by atoms with Crippen LogP contribution in [0.25, 0.3) is 0 Å². The van der Waals surface area contributed by atoms with E-state index >= 15 is 0 Å². The Morgan fingerprint density at radius 2 is 2.24 bits per heavy atom. The molecule has 0 radical (unpaired) electrons. The van der Waals surface area contributed by atoms with Gasteiger partial charge in [0.2, 0.25) is 5.91 Å². The third-order valence-electron chi connectivity index (χ3n) is 2.98. The van der Waals surface area contributed by atoms with Gasteiger partial charge in [-0.05, 0) is 12.3 Å². The highest BCUT2D eigenvalue weighted by Gasteiger charge is 2.39. The molecule has 1 aliphatic heterocycles. The van der Waals surface area contributed by atoms with Crippen molar-refractivity contribution in [2.45, 2.75) is 52.2 Å². The van der Waals surface area contributed by atoms with Gasteiger partial charge >= 0.3 is 6.09 Å². The van der Waals surface area contributed by atoms with Crippen molar-refractivity contribution in [3.05, 3.63) is 0 Å². The second kappa shape index (κ2) is 6.00. The molecule has 17 heavy (non-hydrogen) atoms. The minimum Gasteiger partial charge on any atom is -0.447 e. The van der Waals surface area contributed by atoms with Crippen LogP contribution in [-0.2, 0) is 9.53 Å². The molecule has 0 spiro atoms. The normalized spacial score (nSPS) is 21.8. The van der Waals surface area contributed by atoms with Gasteiger partial charge in [-0.25, -0.2) is 9.69 Å². The smallest absolute Gasteiger partial charge is 0.416 e. The van der Waals surface area contributed by atoms with Gasteiger partial charge in [-0.3, -0.25) is 4.79 Å². The Hall–Kier alpha value is -1.10. The number of carbonyl (C=O) groups is 2. The van der Waals surface area contributed by atoms with Crippen LogP contribution in [0.4, 0.5) is 4.79 Å². The fourth-order valence-corrected chi connectivity index (χ4v) is 1.95. The number of rotatable bonds is 5. The average Bonchev–Trinajstić information content (AvgIpc) is 2.60. The summed E-state index contributed by atoms with van der Waals surface area (Å²) in [6.07, 6.45) is 0.116. The number of hydrogen-bond donors (Lipinski definition) is 1. The summed E-state index contributed by atoms with van der Waals surface area (Å²) in [6, 6.07) is -0.205. The second-order valence-corrected chi connectivity index (χ2v) is 4.80. The SMILES string of the molecule is CCC[C@H](O)CC(=O)N1C(=O)OC[C@@H]1C(C)C. The molecule has 2 atom stereocenters. The van der Waals surface area contributed by atoms with E-state index in [1.807, 2.05) is 20.8 Å². The molecule has 1 N–H and O–H groups in total. The Balaban J connectivity index is 2.62. The zero-order valence-electron chi connectivity index (χ0n) is 10.7. The first-order valence-corrected chi connectivity index (χ1v) is 6.14. The van der Waals surface area contributed by atoms with Crippen LogP contribution in [0.1, 0.15) is 40.0 Å². The Morgan fingerprint density at radius 1 is 1.59 bits per heavy atom. The van der Waals surface area contributed by atoms with Crippen molar-refractivity contribution in [3.63, 3.8) is 0 Å². The highest BCUT2D eigenvalue weighted by atomic mass is 16.6. The zero-order chi connectivity index (χ0) is 13.0. The van der Waals surface area contributed by atoms with Crippen LogP contribution < -0.4 is 0 Å². The van der Waals surface area contributed by atoms with Crippen molar-refractivity contribution in [3.8, 4) is 0 Å². The number of imide groups is 1. The topological polar surface area (TPSA) is 66.8 Å². The maximum atomic E-state index is 11.9. The van der Waals surface area contributed by atoms with Crippen molar-refractivity contribution in [1.82, 2.24) is 4.90 Å². The highest BCUT2D eigenvalue weighted by Crippen LogP contribution is 2.21. The van der Waals surface area contributed by atoms with Crippen molar-refractivity contribution in [1.29, 1.82) is 0 Å². The highest BCUT2D eigenvalue weighted by molar-refractivity contribution is 5.93. The van der Waals surface area contributed by atoms with Crippen LogP contribution in [0.5, 0.6) is 0 Å². The minimum atomic E-state index is -0.672. The maximum Gasteiger partial charge on any atom is 0.416 e. The summed E-state index contributed by atoms with van der Waals surface area (Å²) in [4.78, 5) is 24.5. The van der Waals surface area contributed by atoms with Gasteiger partial charge in [-0.15, -0.1) is 0 Å². The molecule has 2 amide bonds. The van der Waals surface area contributed by atoms with E-state index in [4.69, 9.17) is 4.74 Å². The second-order valence-electron chi connectivity index (χ2n) is 4.80. The lowest BCUT2D eigenvalue weighted by molar-refractivity contribution is -0.131. The lowest BCUT2D eigenvalue weighted by atomic mass is 10.0. The molecule has 0 saturated carbocycles. The summed E-state index contributed by atoms with van der Waals surface area (Å²) in [5.41, 5.74) is 0. The van der Waals surface area contributed by atoms with E-state index in [1.165, 1.54) is 0 Å². The molecule has 1 aliphatic rings. The Morgan fingerprint density at radius 3 is 2.76 bits per heavy atom. The van der Waals surface area contributed by atoms with E-state index in [0.29, 0.717) is 6.42 Å². The van der Waals surface area contributed by atoms with Crippen LogP contribution >= 0.6 is 0 Å². The molecule has 0 unspecified atom stereocenters. The van der Waals surface area contributed by atoms with Gasteiger partial charge in [0.05, 0.1) is 18.6 Å². The van der Waals surface area contributed by atoms with Crippen LogP contribution in [0.15, 0.2) is 0 Å². The molecule has 5 nitrogen and oxygen atoms in total. The first-order chi connectivity index (χ1) is 7.97. The number of hydrogen-bond acceptors (Lipinski definition) is 4. The van der Waals surface area contributed by atoms with Crippen LogP contribution in [0.2, 0.25) is 0 Å². The van der Waals surface area contributed by atoms with Gasteiger partial charge in [-0.1, -0.05) is 27.2 Å². The van der Waals surface area contributed by atoms with E-state index in [2.05, 4.69) is 0 Å². The number of aliphatic hydroxyl groups is 1. The minimum absolute atomic E-state index is 0.00778. The number of amides is 2. The van der Waals surface area contributed by atoms with E-state index < -0.39 is 12.2 Å². The molecule has 0 aliphatic carbocycles. The monoisotopic (exact) mass is 243 g/mol. The molecule has 5 heteroatoms. The van der Waals surface area contributed by atoms with Gasteiger partial charge in [0, 0.05) is 0 Å². The number of aliphatic hydroxyl groups excluding tert-OH is 1. The fourth-order valence-electron chi connectivity index (χ4n) is 1.95. The van der Waals surface area contributed by atoms with Crippen LogP contribution in [0.3, 0.4) is 0 Å². The summed E-state index contributed by atoms with van der Waals surface area (Å²) in [7, 11) is 0. The van der Waals surface area contributed by atoms with Gasteiger partial charge in [0.15, 0.2) is 0 Å². The number of ether oxygens (including phenoxy) is 1. The largest absolute Gasteiger partial charge is 0.447 e. The summed E-state index contributed by atoms with van der Waals surface area (Å²) < 4.78 is 4.89. The molecule has 1 saturated heterocycles. The molecule has 0 aromatic carbocycles. The maximum absolute atomic E-state index is 11.9. The first-order valence-electron chi connectivity index (χ1n) is 6.14. The van der Waals surface area contributed by atoms with E-state index in [-0.39, 0.29) is 30.9 Å². The van der Waals surface area contributed by atoms with Gasteiger partial charge in [-0.2, -0.15) is 0 Å². The molecule has 0 bridgehead atoms. The average molecular weight is 243 g/mol. The predicted molar refractivity (Wildman–Crippen MR) is 62.4 cm³/mol. The number of carbonyl (C=O) groups excluding carboxylic acids is 2. The summed E-state index contributed by atoms with van der Waals surface area (Å²) in [6.45, 7) is 6.08. The molecule has 1 rings (SSSR count). The summed E-state index contributed by atoms with van der Waals surface area (Å²) >= 11 is 0. The van der Waals surface area contributed by atoms with Crippen molar-refractivity contribution >= 4 is 12.0 Å². The number of cyclic esters (lactones) is 1. The van der Waals surface area contributed by atoms with Crippen LogP contribution in [0, 0.1) is 5.92 Å². The number of nitrogens with zero attached hydrogens (tertiary/aromatic N) is 1. The van der Waals surface area contributed by atoms with Crippen molar-refractivity contribution < 1.29 is 19.4 Å². The molecular formula is C12H21NO4. The zero-order valence-corrected chi connectivity index (χ0v) is 10.7. The molecule has 98 valence electrons. The molecule has 0 aromatic heterocycles. The Labute approximate surface area is 102 Å². The molecule has 1 fully saturated rings. The Kier molecular flexibility index (Phi) is 4.93. The standard InChI is InChI=1S/C12H21NO4/c1-4-5-9(14)6-11(15)13-10(8(2)3)7-17-12(13)16/h8-10,14H,4-7H2,1-3H3/t9-,10+/m0/s1. The van der Waals surface area contributed by atoms with Gasteiger partial charge < -0.3 is 9.84 Å². The van der Waals surface area contributed by atoms with E-state index in [0.717, 1.165) is 11.3 Å². The molecular weight excluding hydrogens is 222 g/mol. The predicted octanol–water partition coefficient (Wildman–Crippen LogP) is 1.54. The molecule has 1 heterocycles.